The van der Waals surface area contributed by atoms with E-state index in [0.717, 1.165) is 27.8 Å². The molecule has 0 saturated carbocycles. The zero-order valence-corrected chi connectivity index (χ0v) is 18.4. The van der Waals surface area contributed by atoms with Crippen LogP contribution < -0.4 is 10.6 Å². The molecule has 1 unspecified atom stereocenters. The van der Waals surface area contributed by atoms with Crippen LogP contribution in [-0.4, -0.2) is 21.4 Å². The van der Waals surface area contributed by atoms with E-state index in [1.54, 1.807) is 12.1 Å². The van der Waals surface area contributed by atoms with E-state index < -0.39 is 0 Å². The van der Waals surface area contributed by atoms with Gasteiger partial charge in [0.15, 0.2) is 0 Å². The highest BCUT2D eigenvalue weighted by Crippen LogP contribution is 2.23. The Balaban J connectivity index is 1.61. The number of amides is 2. The van der Waals surface area contributed by atoms with E-state index >= 15 is 0 Å². The molecular weight excluding hydrogens is 400 g/mol. The molecule has 0 fully saturated rings. The predicted octanol–water partition coefficient (Wildman–Crippen LogP) is 4.78. The monoisotopic (exact) mass is 426 g/mol. The van der Waals surface area contributed by atoms with Gasteiger partial charge in [-0.2, -0.15) is 0 Å². The number of nitrogens with one attached hydrogen (secondary N) is 2. The van der Waals surface area contributed by atoms with Crippen LogP contribution in [0.15, 0.2) is 72.8 Å². The predicted molar refractivity (Wildman–Crippen MR) is 127 cm³/mol. The fourth-order valence-electron chi connectivity index (χ4n) is 3.86. The van der Waals surface area contributed by atoms with Crippen molar-refractivity contribution in [2.75, 3.05) is 5.32 Å². The molecule has 0 radical (unpaired) electrons. The van der Waals surface area contributed by atoms with Crippen molar-refractivity contribution in [2.45, 2.75) is 33.4 Å². The lowest BCUT2D eigenvalue weighted by Gasteiger charge is -2.17. The minimum atomic E-state index is -0.386. The minimum absolute atomic E-state index is 0.0924. The average Bonchev–Trinajstić information content (AvgIpc) is 3.15. The highest BCUT2D eigenvalue weighted by molar-refractivity contribution is 5.95. The maximum atomic E-state index is 13.0. The number of anilines is 1. The smallest absolute Gasteiger partial charge is 0.251 e. The van der Waals surface area contributed by atoms with Crippen LogP contribution in [0.4, 0.5) is 5.69 Å². The van der Waals surface area contributed by atoms with E-state index in [1.807, 2.05) is 86.0 Å². The number of benzene rings is 3. The van der Waals surface area contributed by atoms with Gasteiger partial charge in [0.05, 0.1) is 17.1 Å². The summed E-state index contributed by atoms with van der Waals surface area (Å²) in [6.45, 7) is 5.92. The summed E-state index contributed by atoms with van der Waals surface area (Å²) in [5, 5.41) is 6.04. The van der Waals surface area contributed by atoms with E-state index in [4.69, 9.17) is 4.98 Å². The van der Waals surface area contributed by atoms with Gasteiger partial charge < -0.3 is 15.2 Å². The quantitative estimate of drug-likeness (QED) is 0.466. The van der Waals surface area contributed by atoms with Crippen molar-refractivity contribution in [3.63, 3.8) is 0 Å². The summed E-state index contributed by atoms with van der Waals surface area (Å²) in [5.41, 5.74) is 5.06. The summed E-state index contributed by atoms with van der Waals surface area (Å²) in [5.74, 6) is 0.303. The third-order valence-corrected chi connectivity index (χ3v) is 5.50. The molecule has 6 heteroatoms. The van der Waals surface area contributed by atoms with Gasteiger partial charge in [-0.25, -0.2) is 4.98 Å². The van der Waals surface area contributed by atoms with E-state index in [9.17, 15) is 9.59 Å². The molecule has 0 saturated heterocycles. The summed E-state index contributed by atoms with van der Waals surface area (Å²) in [7, 11) is 0. The Labute approximate surface area is 187 Å². The van der Waals surface area contributed by atoms with Crippen molar-refractivity contribution in [3.8, 4) is 0 Å². The number of nitrogens with zero attached hydrogens (tertiary/aromatic N) is 2. The Morgan fingerprint density at radius 2 is 1.56 bits per heavy atom. The van der Waals surface area contributed by atoms with E-state index in [1.165, 1.54) is 0 Å². The first-order valence-corrected chi connectivity index (χ1v) is 10.6. The number of carbonyl (C=O) groups excluding carboxylic acids is 2. The molecule has 0 aliphatic heterocycles. The van der Waals surface area contributed by atoms with Crippen LogP contribution in [0, 0.1) is 13.8 Å². The molecule has 1 aromatic heterocycles. The Hall–Kier alpha value is -3.93. The number of aryl methyl sites for hydroxylation is 2. The molecule has 4 aromatic rings. The van der Waals surface area contributed by atoms with Crippen LogP contribution in [0.3, 0.4) is 0 Å². The molecule has 0 aliphatic rings. The number of rotatable bonds is 6. The second kappa shape index (κ2) is 9.06. The van der Waals surface area contributed by atoms with Gasteiger partial charge in [0.1, 0.15) is 12.4 Å². The van der Waals surface area contributed by atoms with Crippen molar-refractivity contribution in [3.05, 3.63) is 95.3 Å². The molecule has 0 bridgehead atoms. The van der Waals surface area contributed by atoms with Gasteiger partial charge in [-0.15, -0.1) is 0 Å². The molecule has 1 heterocycles. The van der Waals surface area contributed by atoms with Gasteiger partial charge in [0.2, 0.25) is 5.91 Å². The molecule has 32 heavy (non-hydrogen) atoms. The average molecular weight is 427 g/mol. The van der Waals surface area contributed by atoms with E-state index in [-0.39, 0.29) is 24.4 Å². The van der Waals surface area contributed by atoms with Crippen molar-refractivity contribution in [1.82, 2.24) is 14.9 Å². The molecule has 2 N–H and O–H groups in total. The molecule has 4 rings (SSSR count). The first-order chi connectivity index (χ1) is 15.4. The lowest BCUT2D eigenvalue weighted by Crippen LogP contribution is -2.30. The molecule has 0 spiro atoms. The molecule has 6 nitrogen and oxygen atoms in total. The van der Waals surface area contributed by atoms with Gasteiger partial charge in [0.25, 0.3) is 5.91 Å². The highest BCUT2D eigenvalue weighted by Gasteiger charge is 2.21. The highest BCUT2D eigenvalue weighted by atomic mass is 16.2. The fourth-order valence-corrected chi connectivity index (χ4v) is 3.86. The number of imidazole rings is 1. The molecule has 162 valence electrons. The van der Waals surface area contributed by atoms with Gasteiger partial charge in [-0.05, 0) is 56.2 Å². The SMILES string of the molecule is Cc1cccc(C)c1NC(=O)Cn1c(C(C)NC(=O)c2ccccc2)nc2ccccc21. The maximum absolute atomic E-state index is 13.0. The number of para-hydroxylation sites is 3. The van der Waals surface area contributed by atoms with Crippen LogP contribution >= 0.6 is 0 Å². The van der Waals surface area contributed by atoms with Gasteiger partial charge in [-0.3, -0.25) is 9.59 Å². The lowest BCUT2D eigenvalue weighted by atomic mass is 10.1. The zero-order valence-electron chi connectivity index (χ0n) is 18.4. The largest absolute Gasteiger partial charge is 0.342 e. The molecule has 1 atom stereocenters. The summed E-state index contributed by atoms with van der Waals surface area (Å²) in [6, 6.07) is 22.3. The van der Waals surface area contributed by atoms with Crippen molar-refractivity contribution in [2.24, 2.45) is 0 Å². The first kappa shape index (κ1) is 21.3. The summed E-state index contributed by atoms with van der Waals surface area (Å²) in [4.78, 5) is 30.4. The third-order valence-electron chi connectivity index (χ3n) is 5.50. The van der Waals surface area contributed by atoms with Gasteiger partial charge >= 0.3 is 0 Å². The van der Waals surface area contributed by atoms with Crippen molar-refractivity contribution in [1.29, 1.82) is 0 Å². The normalized spacial score (nSPS) is 11.8. The Morgan fingerprint density at radius 1 is 0.906 bits per heavy atom. The lowest BCUT2D eigenvalue weighted by molar-refractivity contribution is -0.116. The molecule has 3 aromatic carbocycles. The fraction of sp³-hybridized carbons (Fsp3) is 0.192. The number of hydrogen-bond acceptors (Lipinski definition) is 3. The Bertz CT molecular complexity index is 1260. The summed E-state index contributed by atoms with van der Waals surface area (Å²) in [6.07, 6.45) is 0. The van der Waals surface area contributed by atoms with Gasteiger partial charge in [-0.1, -0.05) is 48.5 Å². The topological polar surface area (TPSA) is 76.0 Å². The van der Waals surface area contributed by atoms with Crippen LogP contribution in [0.2, 0.25) is 0 Å². The maximum Gasteiger partial charge on any atom is 0.251 e. The summed E-state index contributed by atoms with van der Waals surface area (Å²) >= 11 is 0. The van der Waals surface area contributed by atoms with Gasteiger partial charge in [0, 0.05) is 11.3 Å². The Kier molecular flexibility index (Phi) is 6.03. The standard InChI is InChI=1S/C26H26N4O2/c1-17-10-9-11-18(2)24(17)29-23(31)16-30-22-15-8-7-14-21(22)28-25(30)19(3)27-26(32)20-12-5-4-6-13-20/h4-15,19H,16H2,1-3H3,(H,27,32)(H,29,31). The molecular formula is C26H26N4O2. The third kappa shape index (κ3) is 4.39. The van der Waals surface area contributed by atoms with Crippen molar-refractivity contribution >= 4 is 28.5 Å². The second-order valence-corrected chi connectivity index (χ2v) is 7.92. The van der Waals surface area contributed by atoms with Crippen molar-refractivity contribution < 1.29 is 9.59 Å². The Morgan fingerprint density at radius 3 is 2.28 bits per heavy atom. The molecule has 0 aliphatic carbocycles. The van der Waals surface area contributed by atoms with Crippen LogP contribution in [0.5, 0.6) is 0 Å². The van der Waals surface area contributed by atoms with E-state index in [2.05, 4.69) is 10.6 Å². The minimum Gasteiger partial charge on any atom is -0.342 e. The number of carbonyl (C=O) groups is 2. The molecule has 2 amide bonds. The number of hydrogen-bond donors (Lipinski definition) is 2. The van der Waals surface area contributed by atoms with E-state index in [0.29, 0.717) is 11.4 Å². The summed E-state index contributed by atoms with van der Waals surface area (Å²) < 4.78 is 1.87. The second-order valence-electron chi connectivity index (χ2n) is 7.92. The van der Waals surface area contributed by atoms with Crippen LogP contribution in [0.25, 0.3) is 11.0 Å². The zero-order chi connectivity index (χ0) is 22.7. The number of fused-ring (bicyclic) bond motifs is 1. The van der Waals surface area contributed by atoms with Crippen LogP contribution in [-0.2, 0) is 11.3 Å². The first-order valence-electron chi connectivity index (χ1n) is 10.6. The number of aromatic nitrogens is 2. The van der Waals surface area contributed by atoms with Crippen LogP contribution in [0.1, 0.15) is 40.3 Å².